The third-order valence-electron chi connectivity index (χ3n) is 3.61. The maximum Gasteiger partial charge on any atom is 0.314 e. The fraction of sp³-hybridized carbons (Fsp3) is 0.778. The molecule has 0 aliphatic carbocycles. The Morgan fingerprint density at radius 2 is 1.12 bits per heavy atom. The number of unbranched alkanes of at least 4 members (excludes halogenated alkanes) is 6. The molecular formula is C18H36N4O2. The van der Waals surface area contributed by atoms with Gasteiger partial charge in [-0.2, -0.15) is 0 Å². The molecule has 4 N–H and O–H groups in total. The molecule has 0 radical (unpaired) electrons. The van der Waals surface area contributed by atoms with E-state index < -0.39 is 0 Å². The SMILES string of the molecule is C=CCCCNC(=O)NCCCCCCNC(=O)NCCCCC. The van der Waals surface area contributed by atoms with Gasteiger partial charge in [-0.3, -0.25) is 0 Å². The zero-order valence-electron chi connectivity index (χ0n) is 15.3. The Morgan fingerprint density at radius 1 is 0.708 bits per heavy atom. The van der Waals surface area contributed by atoms with E-state index in [4.69, 9.17) is 0 Å². The fourth-order valence-corrected chi connectivity index (χ4v) is 2.16. The van der Waals surface area contributed by atoms with E-state index in [1.165, 1.54) is 0 Å². The summed E-state index contributed by atoms with van der Waals surface area (Å²) in [5, 5.41) is 11.4. The van der Waals surface area contributed by atoms with Gasteiger partial charge in [0.15, 0.2) is 0 Å². The highest BCUT2D eigenvalue weighted by Crippen LogP contribution is 1.98. The van der Waals surface area contributed by atoms with E-state index in [0.717, 1.165) is 64.3 Å². The highest BCUT2D eigenvalue weighted by atomic mass is 16.2. The van der Waals surface area contributed by atoms with Crippen LogP contribution in [0.15, 0.2) is 12.7 Å². The lowest BCUT2D eigenvalue weighted by Gasteiger charge is -2.08. The van der Waals surface area contributed by atoms with Gasteiger partial charge < -0.3 is 21.3 Å². The molecule has 0 aliphatic heterocycles. The van der Waals surface area contributed by atoms with Crippen molar-refractivity contribution in [3.8, 4) is 0 Å². The van der Waals surface area contributed by atoms with Crippen molar-refractivity contribution >= 4 is 12.1 Å². The smallest absolute Gasteiger partial charge is 0.314 e. The van der Waals surface area contributed by atoms with Crippen LogP contribution in [0.25, 0.3) is 0 Å². The van der Waals surface area contributed by atoms with Crippen molar-refractivity contribution in [1.29, 1.82) is 0 Å². The molecule has 0 aromatic carbocycles. The third kappa shape index (κ3) is 16.6. The van der Waals surface area contributed by atoms with Crippen LogP contribution in [-0.2, 0) is 0 Å². The van der Waals surface area contributed by atoms with Crippen LogP contribution in [0.5, 0.6) is 0 Å². The first-order valence-corrected chi connectivity index (χ1v) is 9.35. The lowest BCUT2D eigenvalue weighted by atomic mass is 10.2. The van der Waals surface area contributed by atoms with Crippen LogP contribution < -0.4 is 21.3 Å². The summed E-state index contributed by atoms with van der Waals surface area (Å²) in [5.41, 5.74) is 0. The molecule has 24 heavy (non-hydrogen) atoms. The Labute approximate surface area is 147 Å². The molecular weight excluding hydrogens is 304 g/mol. The molecule has 6 heteroatoms. The molecule has 0 unspecified atom stereocenters. The van der Waals surface area contributed by atoms with Gasteiger partial charge in [0.2, 0.25) is 0 Å². The minimum absolute atomic E-state index is 0.0686. The first-order chi connectivity index (χ1) is 11.7. The number of amides is 4. The first kappa shape index (κ1) is 22.3. The van der Waals surface area contributed by atoms with Gasteiger partial charge in [-0.1, -0.05) is 38.7 Å². The first-order valence-electron chi connectivity index (χ1n) is 9.35. The Morgan fingerprint density at radius 3 is 1.54 bits per heavy atom. The highest BCUT2D eigenvalue weighted by Gasteiger charge is 1.99. The zero-order valence-corrected chi connectivity index (χ0v) is 15.3. The van der Waals surface area contributed by atoms with Crippen LogP contribution in [-0.4, -0.2) is 38.2 Å². The Balaban J connectivity index is 3.25. The van der Waals surface area contributed by atoms with Crippen LogP contribution in [0.2, 0.25) is 0 Å². The fourth-order valence-electron chi connectivity index (χ4n) is 2.16. The molecule has 6 nitrogen and oxygen atoms in total. The van der Waals surface area contributed by atoms with E-state index in [1.54, 1.807) is 0 Å². The Hall–Kier alpha value is -1.72. The monoisotopic (exact) mass is 340 g/mol. The van der Waals surface area contributed by atoms with Crippen molar-refractivity contribution in [2.75, 3.05) is 26.2 Å². The molecule has 0 aliphatic rings. The number of rotatable bonds is 15. The standard InChI is InChI=1S/C18H36N4O2/c1-3-5-9-13-19-17(23)21-15-11-7-8-12-16-22-18(24)20-14-10-6-4-2/h3H,1,4-16H2,2H3,(H2,19,21,23)(H2,20,22,24). The normalized spacial score (nSPS) is 10.0. The molecule has 140 valence electrons. The summed E-state index contributed by atoms with van der Waals surface area (Å²) in [5.74, 6) is 0. The van der Waals surface area contributed by atoms with Crippen LogP contribution in [0.1, 0.15) is 64.7 Å². The number of urea groups is 2. The van der Waals surface area contributed by atoms with Crippen molar-refractivity contribution < 1.29 is 9.59 Å². The van der Waals surface area contributed by atoms with Gasteiger partial charge in [-0.25, -0.2) is 9.59 Å². The average Bonchev–Trinajstić information content (AvgIpc) is 2.58. The van der Waals surface area contributed by atoms with Crippen molar-refractivity contribution in [1.82, 2.24) is 21.3 Å². The summed E-state index contributed by atoms with van der Waals surface area (Å²) in [6.07, 6.45) is 11.1. The summed E-state index contributed by atoms with van der Waals surface area (Å²) in [7, 11) is 0. The molecule has 0 atom stereocenters. The maximum absolute atomic E-state index is 11.5. The molecule has 0 spiro atoms. The predicted octanol–water partition coefficient (Wildman–Crippen LogP) is 3.30. The van der Waals surface area contributed by atoms with Crippen molar-refractivity contribution in [3.63, 3.8) is 0 Å². The molecule has 0 heterocycles. The third-order valence-corrected chi connectivity index (χ3v) is 3.61. The van der Waals surface area contributed by atoms with Crippen molar-refractivity contribution in [2.45, 2.75) is 64.7 Å². The lowest BCUT2D eigenvalue weighted by Crippen LogP contribution is -2.36. The van der Waals surface area contributed by atoms with Crippen LogP contribution in [0.3, 0.4) is 0 Å². The van der Waals surface area contributed by atoms with Gasteiger partial charge in [-0.05, 0) is 32.1 Å². The molecule has 4 amide bonds. The minimum atomic E-state index is -0.0968. The molecule has 0 saturated heterocycles. The molecule has 0 bridgehead atoms. The van der Waals surface area contributed by atoms with Gasteiger partial charge in [0, 0.05) is 26.2 Å². The molecule has 0 aromatic heterocycles. The second-order valence-electron chi connectivity index (χ2n) is 5.92. The number of carbonyl (C=O) groups excluding carboxylic acids is 2. The van der Waals surface area contributed by atoms with E-state index in [2.05, 4.69) is 34.8 Å². The number of carbonyl (C=O) groups is 2. The van der Waals surface area contributed by atoms with Crippen LogP contribution in [0.4, 0.5) is 9.59 Å². The molecule has 0 fully saturated rings. The van der Waals surface area contributed by atoms with E-state index in [1.807, 2.05) is 6.08 Å². The summed E-state index contributed by atoms with van der Waals surface area (Å²) in [4.78, 5) is 22.9. The molecule has 0 rings (SSSR count). The number of nitrogens with one attached hydrogen (secondary N) is 4. The summed E-state index contributed by atoms with van der Waals surface area (Å²) in [6.45, 7) is 8.62. The highest BCUT2D eigenvalue weighted by molar-refractivity contribution is 5.74. The average molecular weight is 341 g/mol. The number of hydrogen-bond acceptors (Lipinski definition) is 2. The molecule has 0 saturated carbocycles. The van der Waals surface area contributed by atoms with Crippen LogP contribution >= 0.6 is 0 Å². The minimum Gasteiger partial charge on any atom is -0.338 e. The number of hydrogen-bond donors (Lipinski definition) is 4. The largest absolute Gasteiger partial charge is 0.338 e. The zero-order chi connectivity index (χ0) is 17.9. The van der Waals surface area contributed by atoms with Crippen molar-refractivity contribution in [2.24, 2.45) is 0 Å². The van der Waals surface area contributed by atoms with Gasteiger partial charge in [0.05, 0.1) is 0 Å². The summed E-state index contributed by atoms with van der Waals surface area (Å²) in [6, 6.07) is -0.165. The summed E-state index contributed by atoms with van der Waals surface area (Å²) < 4.78 is 0. The Kier molecular flexibility index (Phi) is 16.4. The predicted molar refractivity (Wildman–Crippen MR) is 100 cm³/mol. The maximum atomic E-state index is 11.5. The topological polar surface area (TPSA) is 82.3 Å². The van der Waals surface area contributed by atoms with Gasteiger partial charge in [-0.15, -0.1) is 6.58 Å². The van der Waals surface area contributed by atoms with Gasteiger partial charge in [0.1, 0.15) is 0 Å². The second-order valence-corrected chi connectivity index (χ2v) is 5.92. The van der Waals surface area contributed by atoms with E-state index in [-0.39, 0.29) is 12.1 Å². The summed E-state index contributed by atoms with van der Waals surface area (Å²) >= 11 is 0. The number of allylic oxidation sites excluding steroid dienone is 1. The van der Waals surface area contributed by atoms with E-state index in [0.29, 0.717) is 19.6 Å². The van der Waals surface area contributed by atoms with Crippen molar-refractivity contribution in [3.05, 3.63) is 12.7 Å². The lowest BCUT2D eigenvalue weighted by molar-refractivity contribution is 0.239. The van der Waals surface area contributed by atoms with E-state index in [9.17, 15) is 9.59 Å². The quantitative estimate of drug-likeness (QED) is 0.272. The Bertz CT molecular complexity index is 335. The van der Waals surface area contributed by atoms with Gasteiger partial charge in [0.25, 0.3) is 0 Å². The van der Waals surface area contributed by atoms with E-state index >= 15 is 0 Å². The second kappa shape index (κ2) is 17.6. The van der Waals surface area contributed by atoms with Crippen LogP contribution in [0, 0.1) is 0 Å². The molecule has 0 aromatic rings. The van der Waals surface area contributed by atoms with Gasteiger partial charge >= 0.3 is 12.1 Å².